The molecule has 1 unspecified atom stereocenters. The summed E-state index contributed by atoms with van der Waals surface area (Å²) >= 11 is 6.18. The first-order chi connectivity index (χ1) is 11.5. The molecular formula is C20H27ClN2O. The topological polar surface area (TPSA) is 44.1 Å². The summed E-state index contributed by atoms with van der Waals surface area (Å²) in [7, 11) is 0. The third kappa shape index (κ3) is 4.30. The highest BCUT2D eigenvalue weighted by atomic mass is 35.5. The highest BCUT2D eigenvalue weighted by Gasteiger charge is 2.40. The molecule has 0 radical (unpaired) electrons. The normalized spacial score (nSPS) is 19.2. The van der Waals surface area contributed by atoms with E-state index in [9.17, 15) is 4.79 Å². The van der Waals surface area contributed by atoms with Crippen LogP contribution >= 0.6 is 11.6 Å². The molecule has 1 aliphatic rings. The van der Waals surface area contributed by atoms with Crippen molar-refractivity contribution in [2.75, 3.05) is 11.4 Å². The molecule has 0 aromatic heterocycles. The molecule has 1 atom stereocenters. The minimum absolute atomic E-state index is 0.187. The number of hydrogen-bond donors (Lipinski definition) is 0. The fourth-order valence-corrected chi connectivity index (χ4v) is 3.70. The second-order valence-electron chi connectivity index (χ2n) is 7.02. The molecule has 1 heterocycles. The molecule has 1 aromatic rings. The lowest BCUT2D eigenvalue weighted by atomic mass is 9.80. The lowest BCUT2D eigenvalue weighted by Crippen LogP contribution is -2.35. The van der Waals surface area contributed by atoms with E-state index in [0.717, 1.165) is 30.5 Å². The van der Waals surface area contributed by atoms with Crippen LogP contribution in [0.15, 0.2) is 18.2 Å². The van der Waals surface area contributed by atoms with Crippen molar-refractivity contribution < 1.29 is 4.79 Å². The fraction of sp³-hybridized carbons (Fsp3) is 0.600. The third-order valence-corrected chi connectivity index (χ3v) is 5.23. The maximum absolute atomic E-state index is 12.7. The largest absolute Gasteiger partial charge is 0.311 e. The van der Waals surface area contributed by atoms with Gasteiger partial charge in [0.1, 0.15) is 0 Å². The Morgan fingerprint density at radius 2 is 2.08 bits per heavy atom. The summed E-state index contributed by atoms with van der Waals surface area (Å²) in [5.41, 5.74) is 1.89. The number of fused-ring (bicyclic) bond motifs is 1. The number of anilines is 1. The number of unbranched alkanes of at least 4 members (excludes halogenated alkanes) is 4. The summed E-state index contributed by atoms with van der Waals surface area (Å²) < 4.78 is 0. The molecule has 130 valence electrons. The van der Waals surface area contributed by atoms with Gasteiger partial charge in [-0.1, -0.05) is 51.1 Å². The molecule has 0 fully saturated rings. The molecule has 1 aromatic carbocycles. The Hall–Kier alpha value is -1.53. The van der Waals surface area contributed by atoms with Crippen LogP contribution < -0.4 is 4.90 Å². The second-order valence-corrected chi connectivity index (χ2v) is 7.46. The molecule has 0 saturated heterocycles. The SMILES string of the molecule is CCCCCCCC(=O)N1CC(C)(CCC#N)c2cc(Cl)ccc21. The Labute approximate surface area is 150 Å². The highest BCUT2D eigenvalue weighted by molar-refractivity contribution is 6.30. The summed E-state index contributed by atoms with van der Waals surface area (Å²) in [6, 6.07) is 7.98. The van der Waals surface area contributed by atoms with Gasteiger partial charge in [0.2, 0.25) is 5.91 Å². The number of amides is 1. The van der Waals surface area contributed by atoms with Gasteiger partial charge >= 0.3 is 0 Å². The first-order valence-corrected chi connectivity index (χ1v) is 9.37. The van der Waals surface area contributed by atoms with Gasteiger partial charge in [-0.25, -0.2) is 0 Å². The van der Waals surface area contributed by atoms with Crippen molar-refractivity contribution in [2.45, 2.75) is 70.6 Å². The molecule has 3 nitrogen and oxygen atoms in total. The zero-order valence-electron chi connectivity index (χ0n) is 14.8. The Balaban J connectivity index is 2.10. The molecular weight excluding hydrogens is 320 g/mol. The van der Waals surface area contributed by atoms with Gasteiger partial charge in [-0.15, -0.1) is 0 Å². The van der Waals surface area contributed by atoms with E-state index in [1.807, 2.05) is 23.1 Å². The number of carbonyl (C=O) groups is 1. The van der Waals surface area contributed by atoms with Gasteiger partial charge in [-0.05, 0) is 36.6 Å². The maximum atomic E-state index is 12.7. The number of halogens is 1. The molecule has 2 rings (SSSR count). The van der Waals surface area contributed by atoms with Gasteiger partial charge in [-0.2, -0.15) is 5.26 Å². The lowest BCUT2D eigenvalue weighted by molar-refractivity contribution is -0.118. The van der Waals surface area contributed by atoms with Crippen LogP contribution in [0.5, 0.6) is 0 Å². The summed E-state index contributed by atoms with van der Waals surface area (Å²) in [5.74, 6) is 0.191. The van der Waals surface area contributed by atoms with E-state index in [1.54, 1.807) is 0 Å². The Kier molecular flexibility index (Phi) is 6.69. The molecule has 24 heavy (non-hydrogen) atoms. The second kappa shape index (κ2) is 8.53. The predicted octanol–water partition coefficient (Wildman–Crippen LogP) is 5.61. The average Bonchev–Trinajstić information content (AvgIpc) is 2.86. The smallest absolute Gasteiger partial charge is 0.227 e. The van der Waals surface area contributed by atoms with Crippen molar-refractivity contribution in [1.29, 1.82) is 5.26 Å². The van der Waals surface area contributed by atoms with Crippen LogP contribution in [0, 0.1) is 11.3 Å². The number of benzene rings is 1. The molecule has 1 amide bonds. The summed E-state index contributed by atoms with van der Waals surface area (Å²) in [6.45, 7) is 4.98. The number of nitrogens with zero attached hydrogens (tertiary/aromatic N) is 2. The number of nitriles is 1. The van der Waals surface area contributed by atoms with Gasteiger partial charge in [0.05, 0.1) is 6.07 Å². The minimum atomic E-state index is -0.187. The van der Waals surface area contributed by atoms with Gasteiger partial charge in [0, 0.05) is 35.5 Å². The predicted molar refractivity (Wildman–Crippen MR) is 99.4 cm³/mol. The van der Waals surface area contributed by atoms with Crippen LogP contribution in [-0.2, 0) is 10.2 Å². The van der Waals surface area contributed by atoms with Gasteiger partial charge < -0.3 is 4.90 Å². The van der Waals surface area contributed by atoms with E-state index in [4.69, 9.17) is 16.9 Å². The van der Waals surface area contributed by atoms with Crippen molar-refractivity contribution in [3.63, 3.8) is 0 Å². The zero-order chi connectivity index (χ0) is 17.6. The van der Waals surface area contributed by atoms with Crippen molar-refractivity contribution >= 4 is 23.2 Å². The van der Waals surface area contributed by atoms with Crippen LogP contribution in [0.2, 0.25) is 5.02 Å². The van der Waals surface area contributed by atoms with E-state index < -0.39 is 0 Å². The van der Waals surface area contributed by atoms with Crippen molar-refractivity contribution in [1.82, 2.24) is 0 Å². The molecule has 0 saturated carbocycles. The van der Waals surface area contributed by atoms with Crippen LogP contribution in [0.25, 0.3) is 0 Å². The number of hydrogen-bond acceptors (Lipinski definition) is 2. The van der Waals surface area contributed by atoms with Gasteiger partial charge in [0.15, 0.2) is 0 Å². The third-order valence-electron chi connectivity index (χ3n) is 4.99. The standard InChI is InChI=1S/C20H27ClN2O/c1-3-4-5-6-7-9-19(24)23-15-20(2,12-8-13-22)17-14-16(21)10-11-18(17)23/h10-11,14H,3-9,12,15H2,1-2H3. The van der Waals surface area contributed by atoms with E-state index in [2.05, 4.69) is 19.9 Å². The zero-order valence-corrected chi connectivity index (χ0v) is 15.5. The monoisotopic (exact) mass is 346 g/mol. The minimum Gasteiger partial charge on any atom is -0.311 e. The number of rotatable bonds is 8. The van der Waals surface area contributed by atoms with Crippen molar-refractivity contribution in [3.8, 4) is 6.07 Å². The molecule has 0 bridgehead atoms. The van der Waals surface area contributed by atoms with Crippen LogP contribution in [0.3, 0.4) is 0 Å². The van der Waals surface area contributed by atoms with Gasteiger partial charge in [-0.3, -0.25) is 4.79 Å². The van der Waals surface area contributed by atoms with E-state index >= 15 is 0 Å². The molecule has 0 N–H and O–H groups in total. The highest BCUT2D eigenvalue weighted by Crippen LogP contribution is 2.44. The Bertz CT molecular complexity index is 623. The summed E-state index contributed by atoms with van der Waals surface area (Å²) in [4.78, 5) is 14.6. The van der Waals surface area contributed by atoms with Crippen LogP contribution in [-0.4, -0.2) is 12.5 Å². The van der Waals surface area contributed by atoms with E-state index in [1.165, 1.54) is 19.3 Å². The first kappa shape index (κ1) is 18.8. The van der Waals surface area contributed by atoms with Crippen molar-refractivity contribution in [3.05, 3.63) is 28.8 Å². The summed E-state index contributed by atoms with van der Waals surface area (Å²) in [6.07, 6.45) is 7.56. The maximum Gasteiger partial charge on any atom is 0.227 e. The van der Waals surface area contributed by atoms with Gasteiger partial charge in [0.25, 0.3) is 0 Å². The van der Waals surface area contributed by atoms with E-state index in [0.29, 0.717) is 24.4 Å². The lowest BCUT2D eigenvalue weighted by Gasteiger charge is -2.24. The summed E-state index contributed by atoms with van der Waals surface area (Å²) in [5, 5.41) is 9.63. The average molecular weight is 347 g/mol. The van der Waals surface area contributed by atoms with Crippen LogP contribution in [0.1, 0.15) is 70.8 Å². The van der Waals surface area contributed by atoms with Crippen molar-refractivity contribution in [2.24, 2.45) is 0 Å². The van der Waals surface area contributed by atoms with E-state index in [-0.39, 0.29) is 11.3 Å². The fourth-order valence-electron chi connectivity index (χ4n) is 3.53. The number of carbonyl (C=O) groups excluding carboxylic acids is 1. The Morgan fingerprint density at radius 3 is 2.79 bits per heavy atom. The van der Waals surface area contributed by atoms with Crippen LogP contribution in [0.4, 0.5) is 5.69 Å². The Morgan fingerprint density at radius 1 is 1.33 bits per heavy atom. The molecule has 4 heteroatoms. The molecule has 0 spiro atoms. The molecule has 0 aliphatic carbocycles. The first-order valence-electron chi connectivity index (χ1n) is 8.99. The quantitative estimate of drug-likeness (QED) is 0.574. The molecule has 1 aliphatic heterocycles.